The predicted molar refractivity (Wildman–Crippen MR) is 47.9 cm³/mol. The Morgan fingerprint density at radius 3 is 1.18 bits per heavy atom. The SMILES string of the molecule is BC=O.CC(C)(O)C(C)(C)O. The van der Waals surface area contributed by atoms with E-state index in [9.17, 15) is 0 Å². The molecule has 0 saturated carbocycles. The average Bonchev–Trinajstić information content (AvgIpc) is 1.60. The van der Waals surface area contributed by atoms with Gasteiger partial charge in [-0.3, -0.25) is 0 Å². The monoisotopic (exact) mass is 160 g/mol. The minimum absolute atomic E-state index is 0.750. The lowest BCUT2D eigenvalue weighted by Crippen LogP contribution is -2.44. The van der Waals surface area contributed by atoms with Crippen molar-refractivity contribution in [1.29, 1.82) is 0 Å². The van der Waals surface area contributed by atoms with Crippen molar-refractivity contribution in [3.8, 4) is 0 Å². The second-order valence-electron chi connectivity index (χ2n) is 3.35. The van der Waals surface area contributed by atoms with Gasteiger partial charge in [-0.1, -0.05) is 0 Å². The summed E-state index contributed by atoms with van der Waals surface area (Å²) in [7, 11) is 1.44. The van der Waals surface area contributed by atoms with Crippen LogP contribution in [0.2, 0.25) is 0 Å². The van der Waals surface area contributed by atoms with Crippen LogP contribution in [0.5, 0.6) is 0 Å². The molecule has 0 bridgehead atoms. The van der Waals surface area contributed by atoms with Gasteiger partial charge in [0.25, 0.3) is 0 Å². The largest absolute Gasteiger partial charge is 0.387 e. The predicted octanol–water partition coefficient (Wildman–Crippen LogP) is -0.662. The topological polar surface area (TPSA) is 57.5 Å². The van der Waals surface area contributed by atoms with Gasteiger partial charge in [0.15, 0.2) is 7.85 Å². The van der Waals surface area contributed by atoms with Crippen LogP contribution in [0.3, 0.4) is 0 Å². The minimum Gasteiger partial charge on any atom is -0.387 e. The van der Waals surface area contributed by atoms with E-state index in [2.05, 4.69) is 0 Å². The summed E-state index contributed by atoms with van der Waals surface area (Å²) in [6, 6.07) is 0. The lowest BCUT2D eigenvalue weighted by Gasteiger charge is -2.31. The minimum atomic E-state index is -1.01. The van der Waals surface area contributed by atoms with E-state index < -0.39 is 11.2 Å². The van der Waals surface area contributed by atoms with Crippen LogP contribution in [0.4, 0.5) is 0 Å². The average molecular weight is 160 g/mol. The van der Waals surface area contributed by atoms with Gasteiger partial charge in [-0.15, -0.1) is 0 Å². The van der Waals surface area contributed by atoms with Crippen LogP contribution in [-0.2, 0) is 4.79 Å². The van der Waals surface area contributed by atoms with Crippen LogP contribution in [0, 0.1) is 0 Å². The molecular weight excluding hydrogens is 143 g/mol. The van der Waals surface area contributed by atoms with Gasteiger partial charge in [-0.05, 0) is 27.7 Å². The highest BCUT2D eigenvalue weighted by molar-refractivity contribution is 6.48. The molecule has 2 N–H and O–H groups in total. The Morgan fingerprint density at radius 2 is 1.18 bits per heavy atom. The number of rotatable bonds is 1. The summed E-state index contributed by atoms with van der Waals surface area (Å²) in [5, 5.41) is 18.2. The standard InChI is InChI=1S/C6H14O2.CH3BO/c1-5(2,7)6(3,4)8;2-1-3/h7-8H,1-4H3;1H,2H2. The fraction of sp³-hybridized carbons (Fsp3) is 0.857. The fourth-order valence-corrected chi connectivity index (χ4v) is 0. The van der Waals surface area contributed by atoms with Crippen molar-refractivity contribution in [1.82, 2.24) is 0 Å². The quantitative estimate of drug-likeness (QED) is 0.395. The van der Waals surface area contributed by atoms with Gasteiger partial charge < -0.3 is 15.0 Å². The number of aliphatic hydroxyl groups is 2. The molecular formula is C7H17BO3. The van der Waals surface area contributed by atoms with Crippen molar-refractivity contribution >= 4 is 14.0 Å². The van der Waals surface area contributed by atoms with Crippen molar-refractivity contribution in [2.75, 3.05) is 0 Å². The summed E-state index contributed by atoms with van der Waals surface area (Å²) in [4.78, 5) is 8.81. The van der Waals surface area contributed by atoms with Crippen molar-refractivity contribution in [2.24, 2.45) is 0 Å². The molecule has 0 fully saturated rings. The van der Waals surface area contributed by atoms with E-state index in [4.69, 9.17) is 15.0 Å². The first-order chi connectivity index (χ1) is 4.66. The normalized spacial score (nSPS) is 11.5. The van der Waals surface area contributed by atoms with Gasteiger partial charge in [-0.25, -0.2) is 0 Å². The highest BCUT2D eigenvalue weighted by atomic mass is 16.3. The van der Waals surface area contributed by atoms with Gasteiger partial charge >= 0.3 is 0 Å². The molecule has 66 valence electrons. The number of carbonyl (C=O) groups is 1. The van der Waals surface area contributed by atoms with Gasteiger partial charge in [-0.2, -0.15) is 0 Å². The summed E-state index contributed by atoms with van der Waals surface area (Å²) < 4.78 is 0. The smallest absolute Gasteiger partial charge is 0.182 e. The molecule has 3 nitrogen and oxygen atoms in total. The van der Waals surface area contributed by atoms with Crippen LogP contribution in [0.25, 0.3) is 0 Å². The molecule has 0 heterocycles. The first-order valence-corrected chi connectivity index (χ1v) is 3.51. The van der Waals surface area contributed by atoms with E-state index in [0.717, 1.165) is 6.19 Å². The number of hydrogen-bond acceptors (Lipinski definition) is 3. The van der Waals surface area contributed by atoms with Crippen LogP contribution in [-0.4, -0.2) is 35.4 Å². The second-order valence-corrected chi connectivity index (χ2v) is 3.35. The Hall–Kier alpha value is -0.345. The Bertz CT molecular complexity index is 97.8. The Kier molecular flexibility index (Phi) is 5.44. The van der Waals surface area contributed by atoms with Crippen molar-refractivity contribution < 1.29 is 15.0 Å². The summed E-state index contributed by atoms with van der Waals surface area (Å²) in [5.41, 5.74) is -2.01. The molecule has 11 heavy (non-hydrogen) atoms. The van der Waals surface area contributed by atoms with Gasteiger partial charge in [0.05, 0.1) is 17.4 Å². The molecule has 0 radical (unpaired) electrons. The molecule has 0 aliphatic heterocycles. The number of carbonyl (C=O) groups excluding carboxylic acids is 1. The van der Waals surface area contributed by atoms with Crippen LogP contribution in [0.15, 0.2) is 0 Å². The van der Waals surface area contributed by atoms with E-state index in [1.807, 2.05) is 0 Å². The summed E-state index contributed by atoms with van der Waals surface area (Å²) in [5.74, 6) is 0. The summed E-state index contributed by atoms with van der Waals surface area (Å²) >= 11 is 0. The maximum absolute atomic E-state index is 9.10. The maximum atomic E-state index is 9.10. The molecule has 0 rings (SSSR count). The maximum Gasteiger partial charge on any atom is 0.182 e. The first kappa shape index (κ1) is 13.3. The van der Waals surface area contributed by atoms with Gasteiger partial charge in [0, 0.05) is 0 Å². The summed E-state index contributed by atoms with van der Waals surface area (Å²) in [6.45, 7) is 6.31. The van der Waals surface area contributed by atoms with Crippen LogP contribution >= 0.6 is 0 Å². The lowest BCUT2D eigenvalue weighted by atomic mass is 9.90. The third kappa shape index (κ3) is 7.55. The summed E-state index contributed by atoms with van der Waals surface area (Å²) in [6.07, 6.45) is 0.750. The fourth-order valence-electron chi connectivity index (χ4n) is 0. The molecule has 4 heteroatoms. The number of hydrogen-bond donors (Lipinski definition) is 2. The lowest BCUT2D eigenvalue weighted by molar-refractivity contribution is -0.107. The van der Waals surface area contributed by atoms with Gasteiger partial charge in [0.1, 0.15) is 0 Å². The molecule has 0 saturated heterocycles. The zero-order chi connectivity index (χ0) is 9.71. The van der Waals surface area contributed by atoms with Crippen LogP contribution < -0.4 is 0 Å². The third-order valence-corrected chi connectivity index (χ3v) is 1.50. The van der Waals surface area contributed by atoms with Crippen LogP contribution in [0.1, 0.15) is 27.7 Å². The Balaban J connectivity index is 0. The van der Waals surface area contributed by atoms with Crippen molar-refractivity contribution in [2.45, 2.75) is 38.9 Å². The van der Waals surface area contributed by atoms with Crippen molar-refractivity contribution in [3.63, 3.8) is 0 Å². The molecule has 0 aromatic carbocycles. The Morgan fingerprint density at radius 1 is 1.09 bits per heavy atom. The zero-order valence-electron chi connectivity index (χ0n) is 7.88. The van der Waals surface area contributed by atoms with E-state index >= 15 is 0 Å². The highest BCUT2D eigenvalue weighted by Gasteiger charge is 2.31. The Labute approximate surface area is 68.8 Å². The van der Waals surface area contributed by atoms with E-state index in [1.165, 1.54) is 7.85 Å². The van der Waals surface area contributed by atoms with Crippen molar-refractivity contribution in [3.05, 3.63) is 0 Å². The highest BCUT2D eigenvalue weighted by Crippen LogP contribution is 2.19. The molecule has 0 aliphatic carbocycles. The molecule has 0 spiro atoms. The molecule has 0 unspecified atom stereocenters. The molecule has 0 aromatic heterocycles. The molecule has 0 aromatic rings. The zero-order valence-corrected chi connectivity index (χ0v) is 7.88. The first-order valence-electron chi connectivity index (χ1n) is 3.51. The molecule has 0 atom stereocenters. The second kappa shape index (κ2) is 4.52. The van der Waals surface area contributed by atoms with Gasteiger partial charge in [0.2, 0.25) is 0 Å². The molecule has 0 aliphatic rings. The van der Waals surface area contributed by atoms with E-state index in [-0.39, 0.29) is 0 Å². The van der Waals surface area contributed by atoms with E-state index in [0.29, 0.717) is 0 Å². The van der Waals surface area contributed by atoms with E-state index in [1.54, 1.807) is 27.7 Å². The third-order valence-electron chi connectivity index (χ3n) is 1.50. The molecule has 0 amide bonds.